The predicted octanol–water partition coefficient (Wildman–Crippen LogP) is 5.07. The topological polar surface area (TPSA) is 11.3 Å². The Kier molecular flexibility index (Phi) is 3.68. The Morgan fingerprint density at radius 2 is 1.41 bits per heavy atom. The average molecular weight is 324 g/mol. The molecule has 0 bridgehead atoms. The number of fused-ring (bicyclic) bond motifs is 2. The molecule has 0 N–H and O–H groups in total. The number of rotatable bonds is 1. The standard InChI is InChI=1S/C19H16OS2/c1-20-14-10-12-15(13-11-14)22-18-8-4-2-6-16(18)21-17-7-3-5-9-19(17)22/h2-13,15H,1H3/q+1. The highest BCUT2D eigenvalue weighted by atomic mass is 32.2. The lowest BCUT2D eigenvalue weighted by molar-refractivity contribution is -0.417. The molecule has 2 aromatic carbocycles. The zero-order valence-electron chi connectivity index (χ0n) is 12.2. The summed E-state index contributed by atoms with van der Waals surface area (Å²) in [7, 11) is 1.76. The second kappa shape index (κ2) is 5.82. The normalized spacial score (nSPS) is 19.7. The van der Waals surface area contributed by atoms with Crippen molar-refractivity contribution in [3.05, 3.63) is 72.8 Å². The van der Waals surface area contributed by atoms with Crippen LogP contribution in [0.3, 0.4) is 0 Å². The minimum atomic E-state index is 0.0388. The molecule has 0 fully saturated rings. The molecule has 109 valence electrons. The van der Waals surface area contributed by atoms with E-state index >= 15 is 0 Å². The van der Waals surface area contributed by atoms with Crippen molar-refractivity contribution in [2.45, 2.75) is 24.8 Å². The van der Waals surface area contributed by atoms with Gasteiger partial charge in [-0.2, -0.15) is 0 Å². The Labute approximate surface area is 137 Å². The molecule has 2 aliphatic rings. The van der Waals surface area contributed by atoms with Crippen LogP contribution in [0.15, 0.2) is 92.4 Å². The molecule has 0 saturated heterocycles. The van der Waals surface area contributed by atoms with E-state index in [1.54, 1.807) is 7.11 Å². The maximum Gasteiger partial charge on any atom is 0.342 e. The Bertz CT molecular complexity index is 743. The molecule has 1 aliphatic carbocycles. The fourth-order valence-corrected chi connectivity index (χ4v) is 6.73. The predicted molar refractivity (Wildman–Crippen MR) is 94.1 cm³/mol. The Morgan fingerprint density at radius 1 is 0.864 bits per heavy atom. The quantitative estimate of drug-likeness (QED) is 0.667. The van der Waals surface area contributed by atoms with Crippen molar-refractivity contribution in [2.24, 2.45) is 0 Å². The number of benzene rings is 2. The van der Waals surface area contributed by atoms with E-state index in [-0.39, 0.29) is 10.9 Å². The van der Waals surface area contributed by atoms with Crippen molar-refractivity contribution in [1.82, 2.24) is 0 Å². The lowest BCUT2D eigenvalue weighted by atomic mass is 10.2. The molecule has 0 aromatic heterocycles. The first-order chi connectivity index (χ1) is 10.9. The molecule has 0 amide bonds. The van der Waals surface area contributed by atoms with Crippen molar-refractivity contribution in [3.8, 4) is 0 Å². The van der Waals surface area contributed by atoms with Gasteiger partial charge in [-0.1, -0.05) is 48.2 Å². The minimum absolute atomic E-state index is 0.0388. The van der Waals surface area contributed by atoms with E-state index in [9.17, 15) is 0 Å². The molecule has 0 unspecified atom stereocenters. The molecule has 0 spiro atoms. The monoisotopic (exact) mass is 324 g/mol. The number of hydrogen-bond acceptors (Lipinski definition) is 1. The van der Waals surface area contributed by atoms with Gasteiger partial charge in [0.05, 0.1) is 0 Å². The summed E-state index contributed by atoms with van der Waals surface area (Å²) in [6, 6.07) is 17.6. The highest BCUT2D eigenvalue weighted by Gasteiger charge is 2.29. The third-order valence-corrected chi connectivity index (χ3v) is 7.73. The second-order valence-corrected chi connectivity index (χ2v) is 8.31. The fraction of sp³-hybridized carbons (Fsp3) is 0.105. The summed E-state index contributed by atoms with van der Waals surface area (Å²) in [4.78, 5) is 5.67. The van der Waals surface area contributed by atoms with Gasteiger partial charge >= 0.3 is 5.78 Å². The van der Waals surface area contributed by atoms with Gasteiger partial charge in [-0.3, -0.25) is 4.42 Å². The maximum absolute atomic E-state index is 5.31. The van der Waals surface area contributed by atoms with Crippen LogP contribution >= 0.6 is 22.7 Å². The first-order valence-electron chi connectivity index (χ1n) is 7.23. The van der Waals surface area contributed by atoms with E-state index in [2.05, 4.69) is 72.8 Å². The van der Waals surface area contributed by atoms with Crippen molar-refractivity contribution >= 4 is 28.4 Å². The average Bonchev–Trinajstić information content (AvgIpc) is 2.60. The fourth-order valence-electron chi connectivity index (χ4n) is 2.75. The minimum Gasteiger partial charge on any atom is -0.258 e. The van der Waals surface area contributed by atoms with Crippen LogP contribution in [0.25, 0.3) is 0 Å². The highest BCUT2D eigenvalue weighted by Crippen LogP contribution is 2.60. The van der Waals surface area contributed by atoms with Crippen molar-refractivity contribution in [1.29, 1.82) is 0 Å². The third kappa shape index (κ3) is 2.34. The third-order valence-electron chi connectivity index (χ3n) is 3.80. The Morgan fingerprint density at radius 3 is 1.95 bits per heavy atom. The number of hydrogen-bond donors (Lipinski definition) is 0. The highest BCUT2D eigenvalue weighted by molar-refractivity contribution is 8.19. The van der Waals surface area contributed by atoms with Gasteiger partial charge in [0.15, 0.2) is 0 Å². The van der Waals surface area contributed by atoms with Gasteiger partial charge in [0.25, 0.3) is 7.11 Å². The first-order valence-corrected chi connectivity index (χ1v) is 9.33. The molecule has 22 heavy (non-hydrogen) atoms. The molecule has 0 saturated carbocycles. The van der Waals surface area contributed by atoms with Gasteiger partial charge in [-0.05, 0) is 24.3 Å². The summed E-state index contributed by atoms with van der Waals surface area (Å²) in [6.45, 7) is 0. The summed E-state index contributed by atoms with van der Waals surface area (Å²) in [5, 5.41) is 0.391. The second-order valence-electron chi connectivity index (χ2n) is 5.12. The van der Waals surface area contributed by atoms with Crippen LogP contribution in [0.2, 0.25) is 0 Å². The molecule has 1 radical (unpaired) electrons. The van der Waals surface area contributed by atoms with Crippen LogP contribution in [-0.4, -0.2) is 18.1 Å². The van der Waals surface area contributed by atoms with E-state index < -0.39 is 0 Å². The lowest BCUT2D eigenvalue weighted by Gasteiger charge is -2.33. The molecular formula is C19H16OS2+. The van der Waals surface area contributed by atoms with Gasteiger partial charge < -0.3 is 0 Å². The van der Waals surface area contributed by atoms with Gasteiger partial charge in [0.2, 0.25) is 0 Å². The Balaban J connectivity index is 1.84. The van der Waals surface area contributed by atoms with E-state index in [1.807, 2.05) is 11.8 Å². The summed E-state index contributed by atoms with van der Waals surface area (Å²) in [5.74, 6) is 0.924. The van der Waals surface area contributed by atoms with Crippen LogP contribution in [0, 0.1) is 0 Å². The van der Waals surface area contributed by atoms with Crippen LogP contribution in [0.4, 0.5) is 0 Å². The SMILES string of the molecule is C[O+]=C1C=CC([S]2c3ccccc3Sc3ccccc32)C=C1. The zero-order valence-corrected chi connectivity index (χ0v) is 13.9. The maximum atomic E-state index is 5.31. The number of carbonyl (C=O) groups excluding carboxylic acids is 1. The zero-order chi connectivity index (χ0) is 14.9. The Hall–Kier alpha value is -1.71. The molecule has 1 heterocycles. The molecule has 4 rings (SSSR count). The molecule has 3 heteroatoms. The summed E-state index contributed by atoms with van der Waals surface area (Å²) >= 11 is 1.88. The van der Waals surface area contributed by atoms with E-state index in [4.69, 9.17) is 4.42 Å². The molecule has 1 aliphatic heterocycles. The molecule has 1 nitrogen and oxygen atoms in total. The summed E-state index contributed by atoms with van der Waals surface area (Å²) in [6.07, 6.45) is 8.71. The van der Waals surface area contributed by atoms with E-state index in [0.717, 1.165) is 5.78 Å². The van der Waals surface area contributed by atoms with Crippen LogP contribution in [-0.2, 0) is 4.42 Å². The smallest absolute Gasteiger partial charge is 0.258 e. The van der Waals surface area contributed by atoms with Crippen molar-refractivity contribution < 1.29 is 4.42 Å². The summed E-state index contributed by atoms with van der Waals surface area (Å²) < 4.78 is 5.31. The van der Waals surface area contributed by atoms with Gasteiger partial charge in [-0.25, -0.2) is 0 Å². The van der Waals surface area contributed by atoms with Crippen LogP contribution in [0.1, 0.15) is 0 Å². The van der Waals surface area contributed by atoms with Gasteiger partial charge in [-0.15, -0.1) is 10.9 Å². The molecule has 0 atom stereocenters. The molecular weight excluding hydrogens is 308 g/mol. The molecule has 2 aromatic rings. The van der Waals surface area contributed by atoms with E-state index in [0.29, 0.717) is 5.25 Å². The van der Waals surface area contributed by atoms with Crippen LogP contribution in [0.5, 0.6) is 0 Å². The van der Waals surface area contributed by atoms with Gasteiger partial charge in [0, 0.05) is 37.0 Å². The van der Waals surface area contributed by atoms with Crippen molar-refractivity contribution in [3.63, 3.8) is 0 Å². The van der Waals surface area contributed by atoms with Gasteiger partial charge in [0.1, 0.15) is 0 Å². The largest absolute Gasteiger partial charge is 0.342 e. The number of allylic oxidation sites excluding steroid dienone is 2. The van der Waals surface area contributed by atoms with Crippen molar-refractivity contribution in [2.75, 3.05) is 7.11 Å². The van der Waals surface area contributed by atoms with Crippen LogP contribution < -0.4 is 0 Å². The first kappa shape index (κ1) is 13.9. The lowest BCUT2D eigenvalue weighted by Crippen LogP contribution is -2.11. The summed E-state index contributed by atoms with van der Waals surface area (Å²) in [5.41, 5.74) is 0. The van der Waals surface area contributed by atoms with E-state index in [1.165, 1.54) is 19.6 Å². The number of ketones is 1.